The van der Waals surface area contributed by atoms with Crippen LogP contribution >= 0.6 is 0 Å². The van der Waals surface area contributed by atoms with E-state index in [2.05, 4.69) is 0 Å². The summed E-state index contributed by atoms with van der Waals surface area (Å²) in [7, 11) is 0. The second-order valence-corrected chi connectivity index (χ2v) is 10.3. The van der Waals surface area contributed by atoms with Crippen LogP contribution in [-0.2, 0) is 14.4 Å². The Kier molecular flexibility index (Phi) is 7.58. The third kappa shape index (κ3) is 5.19. The van der Waals surface area contributed by atoms with Crippen molar-refractivity contribution in [1.82, 2.24) is 0 Å². The molecule has 0 aromatic heterocycles. The van der Waals surface area contributed by atoms with E-state index in [1.54, 1.807) is 43.3 Å². The molecule has 6 heteroatoms. The normalized spacial score (nSPS) is 11.4. The largest absolute Gasteiger partial charge is 0.425 e. The Labute approximate surface area is 248 Å². The van der Waals surface area contributed by atoms with Gasteiger partial charge in [-0.3, -0.25) is 0 Å². The van der Waals surface area contributed by atoms with E-state index in [-0.39, 0.29) is 23.7 Å². The number of fused-ring (bicyclic) bond motifs is 3. The lowest BCUT2D eigenvalue weighted by Gasteiger charge is -2.27. The van der Waals surface area contributed by atoms with Gasteiger partial charge in [0.1, 0.15) is 17.2 Å². The molecule has 212 valence electrons. The van der Waals surface area contributed by atoms with E-state index < -0.39 is 23.3 Å². The second-order valence-electron chi connectivity index (χ2n) is 10.3. The van der Waals surface area contributed by atoms with Crippen LogP contribution in [0.3, 0.4) is 0 Å². The Bertz CT molecular complexity index is 1750. The molecule has 6 aromatic carbocycles. The SMILES string of the molecule is CCCC(C(=O)Oc1cccc2ccccc12)(C(=O)Oc1cccc2ccccc12)C(=O)Oc1cccc2ccccc12. The van der Waals surface area contributed by atoms with E-state index in [1.165, 1.54) is 0 Å². The van der Waals surface area contributed by atoms with Gasteiger partial charge in [-0.25, -0.2) is 14.4 Å². The lowest BCUT2D eigenvalue weighted by molar-refractivity contribution is -0.172. The van der Waals surface area contributed by atoms with Gasteiger partial charge in [-0.2, -0.15) is 0 Å². The zero-order chi connectivity index (χ0) is 29.8. The third-order valence-corrected chi connectivity index (χ3v) is 7.53. The molecule has 0 saturated heterocycles. The zero-order valence-electron chi connectivity index (χ0n) is 23.5. The monoisotopic (exact) mass is 568 g/mol. The molecule has 0 amide bonds. The van der Waals surface area contributed by atoms with Crippen molar-refractivity contribution < 1.29 is 28.6 Å². The molecule has 0 saturated carbocycles. The third-order valence-electron chi connectivity index (χ3n) is 7.53. The van der Waals surface area contributed by atoms with Gasteiger partial charge in [0.05, 0.1) is 0 Å². The van der Waals surface area contributed by atoms with Crippen molar-refractivity contribution in [3.05, 3.63) is 127 Å². The fourth-order valence-corrected chi connectivity index (χ4v) is 5.35. The van der Waals surface area contributed by atoms with Crippen molar-refractivity contribution in [3.63, 3.8) is 0 Å². The van der Waals surface area contributed by atoms with Gasteiger partial charge in [0.15, 0.2) is 0 Å². The molecule has 0 bridgehead atoms. The highest BCUT2D eigenvalue weighted by atomic mass is 16.6. The summed E-state index contributed by atoms with van der Waals surface area (Å²) in [6.45, 7) is 1.77. The molecule has 6 nitrogen and oxygen atoms in total. The van der Waals surface area contributed by atoms with Crippen molar-refractivity contribution in [2.24, 2.45) is 5.41 Å². The fourth-order valence-electron chi connectivity index (χ4n) is 5.35. The minimum absolute atomic E-state index is 0.191. The molecule has 0 aliphatic carbocycles. The lowest BCUT2D eigenvalue weighted by Crippen LogP contribution is -2.52. The number of carbonyl (C=O) groups excluding carboxylic acids is 3. The molecule has 0 aliphatic heterocycles. The molecule has 0 fully saturated rings. The van der Waals surface area contributed by atoms with Crippen LogP contribution in [0, 0.1) is 5.41 Å². The van der Waals surface area contributed by atoms with Crippen LogP contribution in [0.5, 0.6) is 17.2 Å². The van der Waals surface area contributed by atoms with E-state index in [1.807, 2.05) is 91.0 Å². The summed E-state index contributed by atoms with van der Waals surface area (Å²) < 4.78 is 17.7. The van der Waals surface area contributed by atoms with Gasteiger partial charge < -0.3 is 14.2 Å². The second kappa shape index (κ2) is 11.8. The van der Waals surface area contributed by atoms with Crippen LogP contribution in [0.15, 0.2) is 127 Å². The Morgan fingerprint density at radius 3 is 1.09 bits per heavy atom. The first-order valence-electron chi connectivity index (χ1n) is 14.1. The molecular weight excluding hydrogens is 540 g/mol. The Hall–Kier alpha value is -5.49. The fraction of sp³-hybridized carbons (Fsp3) is 0.108. The number of hydrogen-bond donors (Lipinski definition) is 0. The first kappa shape index (κ1) is 27.7. The van der Waals surface area contributed by atoms with Crippen LogP contribution in [0.4, 0.5) is 0 Å². The van der Waals surface area contributed by atoms with Gasteiger partial charge in [-0.15, -0.1) is 0 Å². The van der Waals surface area contributed by atoms with E-state index in [0.29, 0.717) is 22.6 Å². The number of hydrogen-bond acceptors (Lipinski definition) is 6. The van der Waals surface area contributed by atoms with Crippen molar-refractivity contribution in [2.75, 3.05) is 0 Å². The van der Waals surface area contributed by atoms with Crippen LogP contribution in [0.25, 0.3) is 32.3 Å². The molecule has 0 spiro atoms. The maximum atomic E-state index is 14.2. The molecule has 0 unspecified atom stereocenters. The topological polar surface area (TPSA) is 78.9 Å². The standard InChI is InChI=1S/C37H28O6/c1-2-24-37(34(38)41-31-21-9-15-25-12-3-6-18-28(25)31,35(39)42-32-22-10-16-26-13-4-7-19-29(26)32)36(40)43-33-23-11-17-27-14-5-8-20-30(27)33/h3-23H,2,24H2,1H3. The van der Waals surface area contributed by atoms with Gasteiger partial charge >= 0.3 is 17.9 Å². The number of ether oxygens (including phenoxy) is 3. The molecule has 0 heterocycles. The van der Waals surface area contributed by atoms with Crippen molar-refractivity contribution in [2.45, 2.75) is 19.8 Å². The summed E-state index contributed by atoms with van der Waals surface area (Å²) in [5.41, 5.74) is -2.42. The zero-order valence-corrected chi connectivity index (χ0v) is 23.5. The Morgan fingerprint density at radius 1 is 0.465 bits per heavy atom. The van der Waals surface area contributed by atoms with Gasteiger partial charge in [0.2, 0.25) is 0 Å². The lowest BCUT2D eigenvalue weighted by atomic mass is 9.83. The van der Waals surface area contributed by atoms with Crippen molar-refractivity contribution in [3.8, 4) is 17.2 Å². The maximum Gasteiger partial charge on any atom is 0.340 e. The predicted octanol–water partition coefficient (Wildman–Crippen LogP) is 8.05. The van der Waals surface area contributed by atoms with E-state index >= 15 is 0 Å². The first-order valence-corrected chi connectivity index (χ1v) is 14.1. The Balaban J connectivity index is 1.45. The van der Waals surface area contributed by atoms with Crippen LogP contribution in [0.2, 0.25) is 0 Å². The maximum absolute atomic E-state index is 14.2. The molecular formula is C37H28O6. The average molecular weight is 569 g/mol. The summed E-state index contributed by atoms with van der Waals surface area (Å²) in [6.07, 6.45) is 0.101. The molecule has 6 aromatic rings. The molecule has 0 N–H and O–H groups in total. The number of esters is 3. The minimum atomic E-state index is -2.42. The summed E-state index contributed by atoms with van der Waals surface area (Å²) in [4.78, 5) is 42.7. The summed E-state index contributed by atoms with van der Waals surface area (Å²) in [5, 5.41) is 4.50. The first-order chi connectivity index (χ1) is 21.0. The van der Waals surface area contributed by atoms with Crippen LogP contribution < -0.4 is 14.2 Å². The van der Waals surface area contributed by atoms with E-state index in [0.717, 1.165) is 16.2 Å². The molecule has 43 heavy (non-hydrogen) atoms. The van der Waals surface area contributed by atoms with Gasteiger partial charge in [0, 0.05) is 16.2 Å². The van der Waals surface area contributed by atoms with Crippen molar-refractivity contribution in [1.29, 1.82) is 0 Å². The molecule has 0 aliphatic rings. The number of rotatable bonds is 8. The number of benzene rings is 6. The summed E-state index contributed by atoms with van der Waals surface area (Å²) in [6, 6.07) is 37.9. The minimum Gasteiger partial charge on any atom is -0.425 e. The van der Waals surface area contributed by atoms with Gasteiger partial charge in [0.25, 0.3) is 5.41 Å². The molecule has 0 radical (unpaired) electrons. The van der Waals surface area contributed by atoms with Gasteiger partial charge in [-0.05, 0) is 40.8 Å². The Morgan fingerprint density at radius 2 is 0.767 bits per heavy atom. The number of carbonyl (C=O) groups is 3. The molecule has 0 atom stereocenters. The summed E-state index contributed by atoms with van der Waals surface area (Å²) >= 11 is 0. The van der Waals surface area contributed by atoms with E-state index in [4.69, 9.17) is 14.2 Å². The van der Waals surface area contributed by atoms with E-state index in [9.17, 15) is 14.4 Å². The predicted molar refractivity (Wildman–Crippen MR) is 166 cm³/mol. The quantitative estimate of drug-likeness (QED) is 0.105. The highest BCUT2D eigenvalue weighted by Crippen LogP contribution is 2.37. The van der Waals surface area contributed by atoms with Crippen molar-refractivity contribution >= 4 is 50.2 Å². The van der Waals surface area contributed by atoms with Crippen LogP contribution in [0.1, 0.15) is 19.8 Å². The van der Waals surface area contributed by atoms with Crippen LogP contribution in [-0.4, -0.2) is 17.9 Å². The summed E-state index contributed by atoms with van der Waals surface area (Å²) in [5.74, 6) is -2.54. The highest BCUT2D eigenvalue weighted by molar-refractivity contribution is 6.20. The van der Waals surface area contributed by atoms with Gasteiger partial charge in [-0.1, -0.05) is 123 Å². The molecule has 6 rings (SSSR count). The smallest absolute Gasteiger partial charge is 0.340 e. The average Bonchev–Trinajstić information content (AvgIpc) is 3.04. The highest BCUT2D eigenvalue weighted by Gasteiger charge is 2.57.